The predicted octanol–water partition coefficient (Wildman–Crippen LogP) is 3.96. The lowest BCUT2D eigenvalue weighted by Crippen LogP contribution is -2.06. The van der Waals surface area contributed by atoms with Gasteiger partial charge in [-0.1, -0.05) is 23.2 Å². The zero-order valence-electron chi connectivity index (χ0n) is 9.81. The SMILES string of the molecule is O=[N+]([O-])c1cnc(Cl)nc1NCc1cc(Cl)ccc1Cl. The third-order valence-electron chi connectivity index (χ3n) is 2.39. The molecule has 0 atom stereocenters. The Balaban J connectivity index is 2.24. The molecule has 0 saturated carbocycles. The molecule has 104 valence electrons. The molecule has 1 heterocycles. The molecule has 1 aromatic carbocycles. The van der Waals surface area contributed by atoms with E-state index < -0.39 is 4.92 Å². The van der Waals surface area contributed by atoms with Crippen LogP contribution in [0.1, 0.15) is 5.56 Å². The number of rotatable bonds is 4. The van der Waals surface area contributed by atoms with Crippen molar-refractivity contribution in [3.05, 3.63) is 55.4 Å². The van der Waals surface area contributed by atoms with E-state index >= 15 is 0 Å². The number of hydrogen-bond donors (Lipinski definition) is 1. The van der Waals surface area contributed by atoms with E-state index in [1.807, 2.05) is 0 Å². The van der Waals surface area contributed by atoms with Crippen LogP contribution in [0.2, 0.25) is 15.3 Å². The summed E-state index contributed by atoms with van der Waals surface area (Å²) < 4.78 is 0. The van der Waals surface area contributed by atoms with Gasteiger partial charge in [0, 0.05) is 16.6 Å². The summed E-state index contributed by atoms with van der Waals surface area (Å²) in [5, 5.41) is 14.6. The highest BCUT2D eigenvalue weighted by Crippen LogP contribution is 2.25. The highest BCUT2D eigenvalue weighted by Gasteiger charge is 2.16. The normalized spacial score (nSPS) is 10.3. The van der Waals surface area contributed by atoms with Gasteiger partial charge in [-0.25, -0.2) is 4.98 Å². The second kappa shape index (κ2) is 6.21. The zero-order valence-corrected chi connectivity index (χ0v) is 12.1. The Morgan fingerprint density at radius 2 is 2.05 bits per heavy atom. The number of halogens is 3. The monoisotopic (exact) mass is 332 g/mol. The summed E-state index contributed by atoms with van der Waals surface area (Å²) in [4.78, 5) is 17.6. The van der Waals surface area contributed by atoms with Crippen LogP contribution in [0.25, 0.3) is 0 Å². The fourth-order valence-corrected chi connectivity index (χ4v) is 1.99. The maximum Gasteiger partial charge on any atom is 0.329 e. The molecule has 0 radical (unpaired) electrons. The largest absolute Gasteiger partial charge is 0.360 e. The van der Waals surface area contributed by atoms with E-state index in [0.717, 1.165) is 6.20 Å². The van der Waals surface area contributed by atoms with Crippen molar-refractivity contribution in [2.24, 2.45) is 0 Å². The van der Waals surface area contributed by atoms with Gasteiger partial charge in [-0.2, -0.15) is 4.98 Å². The van der Waals surface area contributed by atoms with E-state index in [1.54, 1.807) is 18.2 Å². The Morgan fingerprint density at radius 1 is 1.30 bits per heavy atom. The van der Waals surface area contributed by atoms with Crippen molar-refractivity contribution in [2.75, 3.05) is 5.32 Å². The summed E-state index contributed by atoms with van der Waals surface area (Å²) in [5.74, 6) is 0.0195. The van der Waals surface area contributed by atoms with E-state index in [0.29, 0.717) is 15.6 Å². The Labute approximate surface area is 128 Å². The molecule has 0 spiro atoms. The molecule has 0 aliphatic heterocycles. The van der Waals surface area contributed by atoms with Gasteiger partial charge in [-0.3, -0.25) is 10.1 Å². The number of nitrogens with one attached hydrogen (secondary N) is 1. The number of hydrogen-bond acceptors (Lipinski definition) is 5. The van der Waals surface area contributed by atoms with Crippen LogP contribution < -0.4 is 5.32 Å². The first kappa shape index (κ1) is 14.8. The van der Waals surface area contributed by atoms with Gasteiger partial charge in [0.05, 0.1) is 4.92 Å². The summed E-state index contributed by atoms with van der Waals surface area (Å²) in [6, 6.07) is 4.95. The van der Waals surface area contributed by atoms with Gasteiger partial charge >= 0.3 is 5.69 Å². The molecule has 0 bridgehead atoms. The first-order valence-electron chi connectivity index (χ1n) is 5.32. The third-order valence-corrected chi connectivity index (χ3v) is 3.18. The highest BCUT2D eigenvalue weighted by atomic mass is 35.5. The molecule has 0 aliphatic carbocycles. The molecule has 0 saturated heterocycles. The summed E-state index contributed by atoms with van der Waals surface area (Å²) in [7, 11) is 0. The van der Waals surface area contributed by atoms with Gasteiger partial charge in [-0.15, -0.1) is 0 Å². The highest BCUT2D eigenvalue weighted by molar-refractivity contribution is 6.33. The van der Waals surface area contributed by atoms with Crippen molar-refractivity contribution in [2.45, 2.75) is 6.54 Å². The molecule has 0 unspecified atom stereocenters. The number of nitrogens with zero attached hydrogens (tertiary/aromatic N) is 3. The lowest BCUT2D eigenvalue weighted by Gasteiger charge is -2.08. The van der Waals surface area contributed by atoms with E-state index in [2.05, 4.69) is 15.3 Å². The molecular formula is C11H7Cl3N4O2. The van der Waals surface area contributed by atoms with Crippen molar-refractivity contribution in [1.82, 2.24) is 9.97 Å². The molecule has 20 heavy (non-hydrogen) atoms. The minimum atomic E-state index is -0.599. The van der Waals surface area contributed by atoms with E-state index in [1.165, 1.54) is 0 Å². The smallest absolute Gasteiger partial charge is 0.329 e. The molecule has 9 heteroatoms. The Hall–Kier alpha value is -1.63. The maximum atomic E-state index is 10.9. The van der Waals surface area contributed by atoms with Crippen molar-refractivity contribution in [3.8, 4) is 0 Å². The fourth-order valence-electron chi connectivity index (χ4n) is 1.48. The maximum absolute atomic E-state index is 10.9. The number of aromatic nitrogens is 2. The molecule has 0 amide bonds. The molecule has 0 aliphatic rings. The first-order chi connectivity index (χ1) is 9.47. The van der Waals surface area contributed by atoms with Gasteiger partial charge in [0.15, 0.2) is 0 Å². The van der Waals surface area contributed by atoms with Gasteiger partial charge in [-0.05, 0) is 35.4 Å². The van der Waals surface area contributed by atoms with Crippen LogP contribution in [0.15, 0.2) is 24.4 Å². The van der Waals surface area contributed by atoms with Crippen molar-refractivity contribution in [3.63, 3.8) is 0 Å². The van der Waals surface area contributed by atoms with Crippen molar-refractivity contribution in [1.29, 1.82) is 0 Å². The minimum absolute atomic E-state index is 0.0195. The Bertz CT molecular complexity index is 666. The molecule has 2 aromatic rings. The lowest BCUT2D eigenvalue weighted by molar-refractivity contribution is -0.384. The molecule has 0 fully saturated rings. The Kier molecular flexibility index (Phi) is 4.59. The van der Waals surface area contributed by atoms with E-state index in [4.69, 9.17) is 34.8 Å². The topological polar surface area (TPSA) is 81.0 Å². The Morgan fingerprint density at radius 3 is 2.75 bits per heavy atom. The predicted molar refractivity (Wildman–Crippen MR) is 77.5 cm³/mol. The van der Waals surface area contributed by atoms with Crippen LogP contribution in [0.5, 0.6) is 0 Å². The van der Waals surface area contributed by atoms with Crippen LogP contribution >= 0.6 is 34.8 Å². The van der Waals surface area contributed by atoms with Crippen LogP contribution in [-0.4, -0.2) is 14.9 Å². The van der Waals surface area contributed by atoms with Gasteiger partial charge < -0.3 is 5.32 Å². The number of nitro groups is 1. The molecular weight excluding hydrogens is 327 g/mol. The van der Waals surface area contributed by atoms with Gasteiger partial charge in [0.2, 0.25) is 11.1 Å². The molecule has 1 N–H and O–H groups in total. The van der Waals surface area contributed by atoms with Crippen LogP contribution in [0, 0.1) is 10.1 Å². The van der Waals surface area contributed by atoms with E-state index in [-0.39, 0.29) is 23.3 Å². The first-order valence-corrected chi connectivity index (χ1v) is 6.45. The summed E-state index contributed by atoms with van der Waals surface area (Å²) in [6.45, 7) is 0.216. The van der Waals surface area contributed by atoms with E-state index in [9.17, 15) is 10.1 Å². The van der Waals surface area contributed by atoms with Crippen LogP contribution in [0.4, 0.5) is 11.5 Å². The van der Waals surface area contributed by atoms with Crippen LogP contribution in [-0.2, 0) is 6.54 Å². The molecule has 1 aromatic heterocycles. The fraction of sp³-hybridized carbons (Fsp3) is 0.0909. The summed E-state index contributed by atoms with van der Waals surface area (Å²) in [6.07, 6.45) is 1.04. The number of anilines is 1. The average molecular weight is 334 g/mol. The third kappa shape index (κ3) is 3.47. The standard InChI is InChI=1S/C11H7Cl3N4O2/c12-7-1-2-8(13)6(3-7)4-15-10-9(18(19)20)5-16-11(14)17-10/h1-3,5H,4H2,(H,15,16,17). The number of benzene rings is 1. The molecule has 2 rings (SSSR count). The van der Waals surface area contributed by atoms with Crippen molar-refractivity contribution >= 4 is 46.3 Å². The lowest BCUT2D eigenvalue weighted by atomic mass is 10.2. The second-order valence-electron chi connectivity index (χ2n) is 3.72. The quantitative estimate of drug-likeness (QED) is 0.520. The second-order valence-corrected chi connectivity index (χ2v) is 4.90. The summed E-state index contributed by atoms with van der Waals surface area (Å²) in [5.41, 5.74) is 0.413. The van der Waals surface area contributed by atoms with Gasteiger partial charge in [0.25, 0.3) is 0 Å². The van der Waals surface area contributed by atoms with Crippen molar-refractivity contribution < 1.29 is 4.92 Å². The zero-order chi connectivity index (χ0) is 14.7. The average Bonchev–Trinajstić information content (AvgIpc) is 2.39. The minimum Gasteiger partial charge on any atom is -0.360 e. The summed E-state index contributed by atoms with van der Waals surface area (Å²) >= 11 is 17.5. The van der Waals surface area contributed by atoms with Gasteiger partial charge in [0.1, 0.15) is 6.20 Å². The van der Waals surface area contributed by atoms with Crippen LogP contribution in [0.3, 0.4) is 0 Å². The molecule has 6 nitrogen and oxygen atoms in total.